The molecule has 15 atom stereocenters. The highest BCUT2D eigenvalue weighted by molar-refractivity contribution is 5.87. The summed E-state index contributed by atoms with van der Waals surface area (Å²) in [6.45, 7) is 4.81. The van der Waals surface area contributed by atoms with Crippen LogP contribution in [0, 0.1) is 5.92 Å². The van der Waals surface area contributed by atoms with Gasteiger partial charge in [-0.15, -0.1) is 0 Å². The summed E-state index contributed by atoms with van der Waals surface area (Å²) in [4.78, 5) is 51.1. The van der Waals surface area contributed by atoms with Gasteiger partial charge in [0, 0.05) is 25.6 Å². The molecule has 0 radical (unpaired) electrons. The Kier molecular flexibility index (Phi) is 19.1. The third-order valence-corrected chi connectivity index (χ3v) is 11.0. The fourth-order valence-corrected chi connectivity index (χ4v) is 7.63. The highest BCUT2D eigenvalue weighted by Gasteiger charge is 2.53. The number of aromatic nitrogens is 2. The van der Waals surface area contributed by atoms with Crippen LogP contribution in [-0.2, 0) is 28.5 Å². The van der Waals surface area contributed by atoms with Crippen LogP contribution < -0.4 is 21.9 Å². The van der Waals surface area contributed by atoms with Crippen molar-refractivity contribution in [2.45, 2.75) is 183 Å². The lowest BCUT2D eigenvalue weighted by Crippen LogP contribution is -2.68. The summed E-state index contributed by atoms with van der Waals surface area (Å²) in [5.41, 5.74) is -1.68. The Labute approximate surface area is 342 Å². The average Bonchev–Trinajstić information content (AvgIpc) is 3.47. The minimum absolute atomic E-state index is 0.597. The number of aliphatic hydroxyl groups excluding tert-OH is 8. The second kappa shape index (κ2) is 23.2. The van der Waals surface area contributed by atoms with E-state index < -0.39 is 128 Å². The van der Waals surface area contributed by atoms with Crippen LogP contribution >= 0.6 is 0 Å². The number of allylic oxidation sites excluding steroid dienone is 1. The zero-order valence-corrected chi connectivity index (χ0v) is 33.8. The number of amides is 2. The molecular weight excluding hydrogens is 780 g/mol. The van der Waals surface area contributed by atoms with E-state index in [0.29, 0.717) is 6.42 Å². The number of rotatable bonds is 21. The minimum Gasteiger partial charge on any atom is -0.394 e. The lowest BCUT2D eigenvalue weighted by Gasteiger charge is -2.47. The van der Waals surface area contributed by atoms with E-state index in [9.17, 15) is 60.0 Å². The Morgan fingerprint density at radius 3 is 1.98 bits per heavy atom. The van der Waals surface area contributed by atoms with E-state index in [-0.39, 0.29) is 0 Å². The molecule has 1 aromatic rings. The van der Waals surface area contributed by atoms with Crippen LogP contribution in [0.5, 0.6) is 0 Å². The molecule has 59 heavy (non-hydrogen) atoms. The largest absolute Gasteiger partial charge is 0.394 e. The van der Waals surface area contributed by atoms with Crippen molar-refractivity contribution in [2.75, 3.05) is 6.61 Å². The molecule has 20 nitrogen and oxygen atoms in total. The van der Waals surface area contributed by atoms with Crippen LogP contribution in [0.4, 0.5) is 0 Å². The fraction of sp³-hybridized carbons (Fsp3) is 0.795. The first-order valence-electron chi connectivity index (χ1n) is 20.6. The molecule has 2 amide bonds. The van der Waals surface area contributed by atoms with Crippen LogP contribution in [0.25, 0.3) is 0 Å². The van der Waals surface area contributed by atoms with Gasteiger partial charge in [-0.1, -0.05) is 71.3 Å². The Bertz CT molecular complexity index is 1610. The molecule has 2 unspecified atom stereocenters. The molecule has 4 rings (SSSR count). The van der Waals surface area contributed by atoms with Crippen molar-refractivity contribution in [3.8, 4) is 0 Å². The number of aromatic amines is 1. The number of ether oxygens (including phenoxy) is 4. The average molecular weight is 845 g/mol. The van der Waals surface area contributed by atoms with Gasteiger partial charge in [-0.3, -0.25) is 23.9 Å². The number of nitrogens with zero attached hydrogens (tertiary/aromatic N) is 1. The predicted octanol–water partition coefficient (Wildman–Crippen LogP) is -2.09. The molecule has 0 saturated carbocycles. The van der Waals surface area contributed by atoms with Crippen molar-refractivity contribution < 1.29 is 69.4 Å². The molecule has 3 fully saturated rings. The van der Waals surface area contributed by atoms with Gasteiger partial charge in [0.25, 0.3) is 5.56 Å². The topological polar surface area (TPSA) is 312 Å². The molecule has 336 valence electrons. The van der Waals surface area contributed by atoms with Gasteiger partial charge in [-0.05, 0) is 24.8 Å². The quantitative estimate of drug-likeness (QED) is 0.0467. The van der Waals surface area contributed by atoms with Crippen molar-refractivity contribution in [3.05, 3.63) is 45.3 Å². The summed E-state index contributed by atoms with van der Waals surface area (Å²) >= 11 is 0. The van der Waals surface area contributed by atoms with Gasteiger partial charge in [-0.2, -0.15) is 0 Å². The van der Waals surface area contributed by atoms with E-state index in [4.69, 9.17) is 18.9 Å². The Morgan fingerprint density at radius 2 is 1.39 bits per heavy atom. The molecule has 11 N–H and O–H groups in total. The number of carbonyl (C=O) groups is 2. The summed E-state index contributed by atoms with van der Waals surface area (Å²) in [6.07, 6.45) is -7.65. The lowest BCUT2D eigenvalue weighted by molar-refractivity contribution is -0.346. The molecule has 3 saturated heterocycles. The van der Waals surface area contributed by atoms with E-state index in [0.717, 1.165) is 55.4 Å². The van der Waals surface area contributed by atoms with Crippen LogP contribution in [0.3, 0.4) is 0 Å². The smallest absolute Gasteiger partial charge is 0.330 e. The van der Waals surface area contributed by atoms with Gasteiger partial charge in [0.15, 0.2) is 18.8 Å². The maximum Gasteiger partial charge on any atom is 0.330 e. The Hall–Kier alpha value is -3.12. The van der Waals surface area contributed by atoms with Gasteiger partial charge in [0.05, 0.1) is 18.8 Å². The van der Waals surface area contributed by atoms with E-state index in [2.05, 4.69) is 24.5 Å². The van der Waals surface area contributed by atoms with Gasteiger partial charge in [-0.25, -0.2) is 4.79 Å². The summed E-state index contributed by atoms with van der Waals surface area (Å²) in [5, 5.41) is 91.4. The summed E-state index contributed by atoms with van der Waals surface area (Å²) in [5.74, 6) is -0.621. The maximum atomic E-state index is 13.1. The predicted molar refractivity (Wildman–Crippen MR) is 207 cm³/mol. The molecule has 20 heteroatoms. The summed E-state index contributed by atoms with van der Waals surface area (Å²) in [6, 6.07) is -2.01. The van der Waals surface area contributed by atoms with Crippen molar-refractivity contribution in [1.82, 2.24) is 20.2 Å². The van der Waals surface area contributed by atoms with E-state index in [1.165, 1.54) is 38.2 Å². The van der Waals surface area contributed by atoms with Crippen molar-refractivity contribution in [3.63, 3.8) is 0 Å². The zero-order chi connectivity index (χ0) is 43.4. The Balaban J connectivity index is 1.44. The molecule has 0 aliphatic carbocycles. The van der Waals surface area contributed by atoms with Gasteiger partial charge < -0.3 is 70.4 Å². The van der Waals surface area contributed by atoms with Crippen LogP contribution in [0.1, 0.15) is 97.6 Å². The molecule has 3 aliphatic heterocycles. The number of aliphatic hydroxyl groups is 8. The molecule has 0 bridgehead atoms. The SMILES string of the molecule is CC(=O)N[C@H]1[C@@H](O[C@@H]2OC(C[C@@H](O)C3O[C@@H](n4ccc(=O)[nH]c4=O)[C@H](O)[C@@H]3O)[C@H](O)[C@H](O)[C@H]2NC(=O)/C=C/CCCCCCCCCCC(C)C)O[C@H](CO)[C@@H](O)[C@@H]1O. The first-order valence-corrected chi connectivity index (χ1v) is 20.6. The first-order chi connectivity index (χ1) is 28.0. The molecule has 0 spiro atoms. The first kappa shape index (κ1) is 48.5. The van der Waals surface area contributed by atoms with Gasteiger partial charge in [0.2, 0.25) is 11.8 Å². The molecule has 1 aromatic heterocycles. The number of H-pyrrole nitrogens is 1. The number of carbonyl (C=O) groups excluding carboxylic acids is 2. The molecular formula is C39H64N4O16. The highest BCUT2D eigenvalue weighted by atomic mass is 16.8. The summed E-state index contributed by atoms with van der Waals surface area (Å²) < 4.78 is 24.1. The standard InChI is InChI=1S/C39H64N4O16/c1-20(2)14-12-10-8-6-4-5-7-9-11-13-15-25(47)41-28-32(52)29(49)23(56-38(28)59-37-27(40-21(3)45)31(51)30(50)24(19-44)57-37)18-22(46)35-33(53)34(54)36(58-35)43-17-16-26(48)42-39(43)55/h13,15-17,20,22-24,27-38,44,46,49-54H,4-12,14,18-19H2,1-3H3,(H,40,45)(H,41,47)(H,42,48,55)/b15-13+/t22-,23?,24-,27-,28-,29+,30-,31-,32-,33+,34-,35?,36-,37-,38+/m1/s1. The van der Waals surface area contributed by atoms with Crippen LogP contribution in [0.2, 0.25) is 0 Å². The van der Waals surface area contributed by atoms with Crippen molar-refractivity contribution in [2.24, 2.45) is 5.92 Å². The molecule has 3 aliphatic rings. The number of hydrogen-bond acceptors (Lipinski definition) is 16. The lowest BCUT2D eigenvalue weighted by atomic mass is 9.91. The van der Waals surface area contributed by atoms with Gasteiger partial charge >= 0.3 is 5.69 Å². The second-order valence-corrected chi connectivity index (χ2v) is 16.1. The molecule has 4 heterocycles. The fourth-order valence-electron chi connectivity index (χ4n) is 7.63. The number of unbranched alkanes of at least 4 members (excludes halogenated alkanes) is 8. The van der Waals surface area contributed by atoms with Crippen molar-refractivity contribution in [1.29, 1.82) is 0 Å². The highest BCUT2D eigenvalue weighted by Crippen LogP contribution is 2.34. The normalized spacial score (nSPS) is 34.3. The third kappa shape index (κ3) is 13.4. The number of nitrogens with one attached hydrogen (secondary N) is 3. The second-order valence-electron chi connectivity index (χ2n) is 16.1. The monoisotopic (exact) mass is 844 g/mol. The third-order valence-electron chi connectivity index (χ3n) is 11.0. The van der Waals surface area contributed by atoms with Crippen molar-refractivity contribution >= 4 is 11.8 Å². The maximum absolute atomic E-state index is 13.1. The van der Waals surface area contributed by atoms with Crippen LogP contribution in [-0.4, -0.2) is 155 Å². The summed E-state index contributed by atoms with van der Waals surface area (Å²) in [7, 11) is 0. The van der Waals surface area contributed by atoms with E-state index in [1.807, 2.05) is 4.98 Å². The van der Waals surface area contributed by atoms with Crippen LogP contribution in [0.15, 0.2) is 34.0 Å². The molecule has 0 aromatic carbocycles. The Morgan fingerprint density at radius 1 is 0.814 bits per heavy atom. The minimum atomic E-state index is -1.85. The number of hydrogen-bond donors (Lipinski definition) is 11. The van der Waals surface area contributed by atoms with E-state index >= 15 is 0 Å². The van der Waals surface area contributed by atoms with Gasteiger partial charge in [0.1, 0.15) is 60.9 Å². The zero-order valence-electron chi connectivity index (χ0n) is 33.8. The van der Waals surface area contributed by atoms with E-state index in [1.54, 1.807) is 6.08 Å².